The monoisotopic (exact) mass is 344 g/mol. The molecular formula is C15H31Cl3Si. The summed E-state index contributed by atoms with van der Waals surface area (Å²) >= 11 is 18.0. The maximum Gasteiger partial charge on any atom is 0.344 e. The van der Waals surface area contributed by atoms with Gasteiger partial charge in [0.25, 0.3) is 0 Å². The van der Waals surface area contributed by atoms with E-state index >= 15 is 0 Å². The molecule has 0 aromatic rings. The Morgan fingerprint density at radius 1 is 0.684 bits per heavy atom. The lowest BCUT2D eigenvalue weighted by Crippen LogP contribution is -2.16. The van der Waals surface area contributed by atoms with E-state index in [-0.39, 0.29) is 0 Å². The fraction of sp³-hybridized carbons (Fsp3) is 1.00. The Hall–Kier alpha value is 1.09. The van der Waals surface area contributed by atoms with Gasteiger partial charge in [-0.05, 0) is 12.0 Å². The van der Waals surface area contributed by atoms with E-state index < -0.39 is 6.00 Å². The molecule has 0 bridgehead atoms. The minimum atomic E-state index is -2.44. The van der Waals surface area contributed by atoms with Crippen molar-refractivity contribution in [2.75, 3.05) is 0 Å². The van der Waals surface area contributed by atoms with Crippen LogP contribution in [-0.4, -0.2) is 6.00 Å². The van der Waals surface area contributed by atoms with Crippen LogP contribution in [0.1, 0.15) is 90.9 Å². The molecule has 116 valence electrons. The van der Waals surface area contributed by atoms with E-state index in [1.165, 1.54) is 70.6 Å². The summed E-state index contributed by atoms with van der Waals surface area (Å²) in [6.07, 6.45) is 16.2. The Morgan fingerprint density at radius 2 is 1.05 bits per heavy atom. The molecular weight excluding hydrogens is 315 g/mol. The summed E-state index contributed by atoms with van der Waals surface area (Å²) in [5.74, 6) is 0. The second-order valence-corrected chi connectivity index (χ2v) is 14.9. The van der Waals surface area contributed by atoms with Crippen molar-refractivity contribution in [1.82, 2.24) is 0 Å². The van der Waals surface area contributed by atoms with Gasteiger partial charge in [-0.15, -0.1) is 33.2 Å². The molecule has 0 aliphatic rings. The lowest BCUT2D eigenvalue weighted by atomic mass is 10.0. The highest BCUT2D eigenvalue weighted by atomic mass is 35.8. The molecule has 0 spiro atoms. The minimum absolute atomic E-state index is 0.302. The van der Waals surface area contributed by atoms with Crippen molar-refractivity contribution in [3.05, 3.63) is 0 Å². The van der Waals surface area contributed by atoms with Gasteiger partial charge in [0.2, 0.25) is 0 Å². The molecule has 0 radical (unpaired) electrons. The fourth-order valence-corrected chi connectivity index (χ4v) is 3.79. The second-order valence-electron chi connectivity index (χ2n) is 5.77. The first kappa shape index (κ1) is 20.1. The first-order chi connectivity index (χ1) is 8.98. The summed E-state index contributed by atoms with van der Waals surface area (Å²) in [4.78, 5) is 0. The third-order valence-corrected chi connectivity index (χ3v) is 8.56. The van der Waals surface area contributed by atoms with E-state index in [0.29, 0.717) is 5.54 Å². The van der Waals surface area contributed by atoms with Gasteiger partial charge in [0, 0.05) is 0 Å². The van der Waals surface area contributed by atoms with E-state index in [2.05, 4.69) is 13.8 Å². The SMILES string of the molecule is CCCCCCCCCCCCCC(C)[Si](Cl)(Cl)Cl. The number of hydrogen-bond donors (Lipinski definition) is 0. The van der Waals surface area contributed by atoms with Crippen LogP contribution in [0.25, 0.3) is 0 Å². The maximum absolute atomic E-state index is 5.99. The number of rotatable bonds is 13. The normalized spacial score (nSPS) is 13.7. The van der Waals surface area contributed by atoms with Gasteiger partial charge >= 0.3 is 6.00 Å². The molecule has 0 saturated heterocycles. The molecule has 0 fully saturated rings. The van der Waals surface area contributed by atoms with Crippen molar-refractivity contribution in [1.29, 1.82) is 0 Å². The summed E-state index contributed by atoms with van der Waals surface area (Å²) < 4.78 is 0. The van der Waals surface area contributed by atoms with Gasteiger partial charge in [-0.3, -0.25) is 0 Å². The highest BCUT2D eigenvalue weighted by molar-refractivity contribution is 7.65. The average molecular weight is 346 g/mol. The summed E-state index contributed by atoms with van der Waals surface area (Å²) in [5.41, 5.74) is 0.302. The van der Waals surface area contributed by atoms with Gasteiger partial charge in [-0.2, -0.15) is 0 Å². The Balaban J connectivity index is 3.15. The van der Waals surface area contributed by atoms with Gasteiger partial charge in [0.1, 0.15) is 0 Å². The predicted molar refractivity (Wildman–Crippen MR) is 93.8 cm³/mol. The standard InChI is InChI=1S/C15H31Cl3Si/c1-3-4-5-6-7-8-9-10-11-12-13-14-15(2)19(16,17)18/h15H,3-14H2,1-2H3. The van der Waals surface area contributed by atoms with Gasteiger partial charge in [-0.25, -0.2) is 0 Å². The third-order valence-electron chi connectivity index (χ3n) is 3.80. The molecule has 0 aromatic heterocycles. The molecule has 0 aromatic carbocycles. The topological polar surface area (TPSA) is 0 Å². The van der Waals surface area contributed by atoms with Crippen LogP contribution in [0.5, 0.6) is 0 Å². The molecule has 0 aliphatic heterocycles. The zero-order valence-electron chi connectivity index (χ0n) is 12.7. The van der Waals surface area contributed by atoms with E-state index in [9.17, 15) is 0 Å². The highest BCUT2D eigenvalue weighted by Gasteiger charge is 2.32. The van der Waals surface area contributed by atoms with Gasteiger partial charge < -0.3 is 0 Å². The number of halogens is 3. The van der Waals surface area contributed by atoms with E-state index in [0.717, 1.165) is 6.42 Å². The zero-order chi connectivity index (χ0) is 14.6. The van der Waals surface area contributed by atoms with Crippen LogP contribution in [0.4, 0.5) is 0 Å². The van der Waals surface area contributed by atoms with Gasteiger partial charge in [0.15, 0.2) is 0 Å². The van der Waals surface area contributed by atoms with Crippen molar-refractivity contribution in [2.24, 2.45) is 0 Å². The maximum atomic E-state index is 5.99. The Labute approximate surface area is 135 Å². The van der Waals surface area contributed by atoms with Crippen LogP contribution >= 0.6 is 33.2 Å². The van der Waals surface area contributed by atoms with Crippen molar-refractivity contribution >= 4 is 39.2 Å². The lowest BCUT2D eigenvalue weighted by Gasteiger charge is -2.16. The molecule has 1 unspecified atom stereocenters. The second kappa shape index (κ2) is 12.8. The molecule has 0 amide bonds. The molecule has 4 heteroatoms. The van der Waals surface area contributed by atoms with Crippen LogP contribution in [0.15, 0.2) is 0 Å². The molecule has 0 nitrogen and oxygen atoms in total. The van der Waals surface area contributed by atoms with Crippen LogP contribution in [0, 0.1) is 0 Å². The Bertz CT molecular complexity index is 192. The molecule has 0 heterocycles. The summed E-state index contributed by atoms with van der Waals surface area (Å²) in [7, 11) is 0. The summed E-state index contributed by atoms with van der Waals surface area (Å²) in [6, 6.07) is -2.44. The summed E-state index contributed by atoms with van der Waals surface area (Å²) in [5, 5.41) is 0. The third kappa shape index (κ3) is 13.8. The van der Waals surface area contributed by atoms with Crippen molar-refractivity contribution in [3.8, 4) is 0 Å². The molecule has 0 saturated carbocycles. The lowest BCUT2D eigenvalue weighted by molar-refractivity contribution is 0.542. The van der Waals surface area contributed by atoms with Gasteiger partial charge in [0.05, 0.1) is 0 Å². The number of unbranched alkanes of at least 4 members (excludes halogenated alkanes) is 10. The van der Waals surface area contributed by atoms with E-state index in [1.807, 2.05) is 0 Å². The summed E-state index contributed by atoms with van der Waals surface area (Å²) in [6.45, 7) is 4.35. The molecule has 0 aliphatic carbocycles. The van der Waals surface area contributed by atoms with Crippen LogP contribution in [0.3, 0.4) is 0 Å². The van der Waals surface area contributed by atoms with E-state index in [1.54, 1.807) is 0 Å². The quantitative estimate of drug-likeness (QED) is 0.182. The molecule has 0 N–H and O–H groups in total. The van der Waals surface area contributed by atoms with Crippen molar-refractivity contribution < 1.29 is 0 Å². The van der Waals surface area contributed by atoms with E-state index in [4.69, 9.17) is 33.2 Å². The first-order valence-electron chi connectivity index (χ1n) is 8.05. The zero-order valence-corrected chi connectivity index (χ0v) is 16.0. The average Bonchev–Trinajstić information content (AvgIpc) is 2.34. The van der Waals surface area contributed by atoms with Gasteiger partial charge in [-0.1, -0.05) is 84.5 Å². The van der Waals surface area contributed by atoms with Crippen LogP contribution in [-0.2, 0) is 0 Å². The predicted octanol–water partition coefficient (Wildman–Crippen LogP) is 7.73. The smallest absolute Gasteiger partial charge is 0.126 e. The minimum Gasteiger partial charge on any atom is -0.126 e. The molecule has 19 heavy (non-hydrogen) atoms. The Kier molecular flexibility index (Phi) is 13.5. The molecule has 1 atom stereocenters. The van der Waals surface area contributed by atoms with Crippen molar-refractivity contribution in [3.63, 3.8) is 0 Å². The fourth-order valence-electron chi connectivity index (χ4n) is 2.28. The van der Waals surface area contributed by atoms with Crippen LogP contribution in [0.2, 0.25) is 5.54 Å². The number of hydrogen-bond acceptors (Lipinski definition) is 0. The molecule has 0 rings (SSSR count). The highest BCUT2D eigenvalue weighted by Crippen LogP contribution is 2.36. The largest absolute Gasteiger partial charge is 0.344 e. The Morgan fingerprint density at radius 3 is 1.42 bits per heavy atom. The first-order valence-corrected chi connectivity index (χ1v) is 13.2. The van der Waals surface area contributed by atoms with Crippen molar-refractivity contribution in [2.45, 2.75) is 96.4 Å². The van der Waals surface area contributed by atoms with Crippen LogP contribution < -0.4 is 0 Å².